The maximum atomic E-state index is 10.5. The Labute approximate surface area is 101 Å². The van der Waals surface area contributed by atoms with Crippen molar-refractivity contribution in [1.82, 2.24) is 0 Å². The van der Waals surface area contributed by atoms with Crippen molar-refractivity contribution >= 4 is 16.2 Å². The second-order valence-corrected chi connectivity index (χ2v) is 5.76. The van der Waals surface area contributed by atoms with Gasteiger partial charge in [-0.25, -0.2) is 8.42 Å². The molecule has 0 saturated carbocycles. The zero-order valence-electron chi connectivity index (χ0n) is 9.43. The maximum Gasteiger partial charge on any atom is 0.108 e. The molecule has 0 spiro atoms. The van der Waals surface area contributed by atoms with Crippen molar-refractivity contribution in [2.45, 2.75) is 13.0 Å². The fraction of sp³-hybridized carbons (Fsp3) is 0.333. The molecule has 4 nitrogen and oxygen atoms in total. The smallest absolute Gasteiger partial charge is 0.108 e. The third kappa shape index (κ3) is 3.66. The van der Waals surface area contributed by atoms with Crippen molar-refractivity contribution in [3.8, 4) is 0 Å². The molecule has 0 aliphatic carbocycles. The highest BCUT2D eigenvalue weighted by Crippen LogP contribution is 2.11. The molecule has 1 unspecified atom stereocenters. The van der Waals surface area contributed by atoms with Crippen molar-refractivity contribution in [2.75, 3.05) is 12.3 Å². The third-order valence-electron chi connectivity index (χ3n) is 2.86. The minimum atomic E-state index is -4.07. The van der Waals surface area contributed by atoms with Crippen molar-refractivity contribution in [2.24, 2.45) is 0 Å². The van der Waals surface area contributed by atoms with Crippen molar-refractivity contribution in [3.05, 3.63) is 41.6 Å². The number of quaternary nitrogens is 1. The van der Waals surface area contributed by atoms with Crippen molar-refractivity contribution < 1.29 is 17.9 Å². The summed E-state index contributed by atoms with van der Waals surface area (Å²) in [6.07, 6.45) is 4.48. The molecule has 17 heavy (non-hydrogen) atoms. The van der Waals surface area contributed by atoms with E-state index in [-0.39, 0.29) is 5.75 Å². The summed E-state index contributed by atoms with van der Waals surface area (Å²) in [5.41, 5.74) is 2.47. The number of hydrogen-bond donors (Lipinski definition) is 1. The van der Waals surface area contributed by atoms with Crippen LogP contribution in [0.4, 0.5) is 0 Å². The Bertz CT molecular complexity index is 522. The molecule has 92 valence electrons. The molecule has 2 rings (SSSR count). The first-order chi connectivity index (χ1) is 8.04. The van der Waals surface area contributed by atoms with Crippen LogP contribution in [0.1, 0.15) is 17.5 Å². The van der Waals surface area contributed by atoms with Crippen LogP contribution in [0.5, 0.6) is 0 Å². The van der Waals surface area contributed by atoms with E-state index in [2.05, 4.69) is 12.1 Å². The normalized spacial score (nSPS) is 19.0. The Kier molecular flexibility index (Phi) is 3.61. The molecule has 1 atom stereocenters. The Morgan fingerprint density at radius 1 is 1.29 bits per heavy atom. The average Bonchev–Trinajstić information content (AvgIpc) is 2.27. The standard InChI is InChI=1S/C12H15NO3S/c14-17(15,16)9-3-7-13-8-6-11-4-1-2-5-12(11)10-13/h1-2,4-6,8H,3,7,9-10H2,(H,14,15,16). The molecule has 0 saturated heterocycles. The first-order valence-corrected chi connectivity index (χ1v) is 7.16. The van der Waals surface area contributed by atoms with E-state index in [1.54, 1.807) is 0 Å². The molecule has 1 aliphatic rings. The van der Waals surface area contributed by atoms with Crippen LogP contribution in [0.25, 0.3) is 6.08 Å². The van der Waals surface area contributed by atoms with Crippen LogP contribution >= 0.6 is 0 Å². The van der Waals surface area contributed by atoms with Crippen LogP contribution in [0.3, 0.4) is 0 Å². The molecule has 1 aromatic rings. The number of rotatable bonds is 4. The highest BCUT2D eigenvalue weighted by atomic mass is 32.2. The Morgan fingerprint density at radius 2 is 2.06 bits per heavy atom. The number of hydrogen-bond acceptors (Lipinski definition) is 3. The third-order valence-corrected chi connectivity index (χ3v) is 3.65. The predicted molar refractivity (Wildman–Crippen MR) is 64.2 cm³/mol. The minimum Gasteiger partial charge on any atom is -0.748 e. The average molecular weight is 253 g/mol. The summed E-state index contributed by atoms with van der Waals surface area (Å²) in [6, 6.07) is 8.13. The van der Waals surface area contributed by atoms with Gasteiger partial charge in [-0.1, -0.05) is 24.3 Å². The van der Waals surface area contributed by atoms with Gasteiger partial charge in [0, 0.05) is 17.7 Å². The monoisotopic (exact) mass is 253 g/mol. The first kappa shape index (κ1) is 12.3. The van der Waals surface area contributed by atoms with Gasteiger partial charge in [-0.2, -0.15) is 0 Å². The lowest BCUT2D eigenvalue weighted by Crippen LogP contribution is -3.06. The molecule has 5 heteroatoms. The van der Waals surface area contributed by atoms with Crippen LogP contribution in [-0.2, 0) is 16.7 Å². The molecule has 0 aromatic heterocycles. The molecule has 1 aromatic carbocycles. The topological polar surface area (TPSA) is 61.6 Å². The van der Waals surface area contributed by atoms with E-state index >= 15 is 0 Å². The van der Waals surface area contributed by atoms with Crippen LogP contribution < -0.4 is 4.90 Å². The van der Waals surface area contributed by atoms with E-state index in [1.165, 1.54) is 16.0 Å². The van der Waals surface area contributed by atoms with E-state index in [0.717, 1.165) is 6.54 Å². The van der Waals surface area contributed by atoms with E-state index in [4.69, 9.17) is 0 Å². The molecule has 0 bridgehead atoms. The molecule has 0 amide bonds. The SMILES string of the molecule is O=S(=O)([O-])CCC[NH+]1C=Cc2ccccc2C1. The first-order valence-electron chi connectivity index (χ1n) is 5.59. The molecular formula is C12H15NO3S. The summed E-state index contributed by atoms with van der Waals surface area (Å²) in [4.78, 5) is 1.19. The number of nitrogens with one attached hydrogen (secondary N) is 1. The summed E-state index contributed by atoms with van der Waals surface area (Å²) in [7, 11) is -4.07. The lowest BCUT2D eigenvalue weighted by molar-refractivity contribution is -0.861. The Hall–Kier alpha value is -1.17. The summed E-state index contributed by atoms with van der Waals surface area (Å²) in [5, 5.41) is 0. The zero-order valence-corrected chi connectivity index (χ0v) is 10.2. The van der Waals surface area contributed by atoms with E-state index in [0.29, 0.717) is 13.0 Å². The van der Waals surface area contributed by atoms with E-state index < -0.39 is 10.1 Å². The molecule has 1 heterocycles. The second-order valence-electron chi connectivity index (χ2n) is 4.23. The lowest BCUT2D eigenvalue weighted by Gasteiger charge is -2.20. The van der Waals surface area contributed by atoms with Gasteiger partial charge < -0.3 is 9.45 Å². The van der Waals surface area contributed by atoms with Crippen LogP contribution in [0, 0.1) is 0 Å². The summed E-state index contributed by atoms with van der Waals surface area (Å²) in [5.74, 6) is -0.272. The maximum absolute atomic E-state index is 10.5. The van der Waals surface area contributed by atoms with E-state index in [1.807, 2.05) is 24.4 Å². The minimum absolute atomic E-state index is 0.272. The van der Waals surface area contributed by atoms with Gasteiger partial charge in [0.1, 0.15) is 6.54 Å². The van der Waals surface area contributed by atoms with Gasteiger partial charge >= 0.3 is 0 Å². The predicted octanol–water partition coefficient (Wildman–Crippen LogP) is -0.00890. The van der Waals surface area contributed by atoms with Crippen LogP contribution in [-0.4, -0.2) is 25.3 Å². The molecule has 1 N–H and O–H groups in total. The number of fused-ring (bicyclic) bond motifs is 1. The second kappa shape index (κ2) is 5.00. The largest absolute Gasteiger partial charge is 0.748 e. The Balaban J connectivity index is 1.91. The summed E-state index contributed by atoms with van der Waals surface area (Å²) in [6.45, 7) is 1.53. The van der Waals surface area contributed by atoms with Gasteiger partial charge in [-0.15, -0.1) is 0 Å². The lowest BCUT2D eigenvalue weighted by atomic mass is 10.0. The van der Waals surface area contributed by atoms with Crippen molar-refractivity contribution in [3.63, 3.8) is 0 Å². The zero-order chi connectivity index (χ0) is 12.3. The van der Waals surface area contributed by atoms with Crippen LogP contribution in [0.2, 0.25) is 0 Å². The highest BCUT2D eigenvalue weighted by molar-refractivity contribution is 7.85. The molecular weight excluding hydrogens is 238 g/mol. The fourth-order valence-corrected chi connectivity index (χ4v) is 2.51. The quantitative estimate of drug-likeness (QED) is 0.768. The van der Waals surface area contributed by atoms with Gasteiger partial charge in [0.2, 0.25) is 0 Å². The number of benzene rings is 1. The molecule has 0 fully saturated rings. The fourth-order valence-electron chi connectivity index (χ4n) is 2.02. The Morgan fingerprint density at radius 3 is 2.82 bits per heavy atom. The molecule has 1 aliphatic heterocycles. The summed E-state index contributed by atoms with van der Waals surface area (Å²) >= 11 is 0. The van der Waals surface area contributed by atoms with Gasteiger partial charge in [-0.3, -0.25) is 0 Å². The van der Waals surface area contributed by atoms with Crippen LogP contribution in [0.15, 0.2) is 30.5 Å². The van der Waals surface area contributed by atoms with Crippen molar-refractivity contribution in [1.29, 1.82) is 0 Å². The van der Waals surface area contributed by atoms with E-state index in [9.17, 15) is 13.0 Å². The van der Waals surface area contributed by atoms with Gasteiger partial charge in [-0.05, 0) is 11.6 Å². The van der Waals surface area contributed by atoms with Gasteiger partial charge in [0.05, 0.1) is 22.9 Å². The molecule has 0 radical (unpaired) electrons. The highest BCUT2D eigenvalue weighted by Gasteiger charge is 2.13. The van der Waals surface area contributed by atoms with Gasteiger partial charge in [0.15, 0.2) is 0 Å². The summed E-state index contributed by atoms with van der Waals surface area (Å²) < 4.78 is 31.5. The van der Waals surface area contributed by atoms with Gasteiger partial charge in [0.25, 0.3) is 0 Å².